The minimum absolute atomic E-state index is 0.266. The van der Waals surface area contributed by atoms with E-state index in [0.29, 0.717) is 19.1 Å². The van der Waals surface area contributed by atoms with Gasteiger partial charge in [0.25, 0.3) is 0 Å². The molecule has 0 fully saturated rings. The number of rotatable bonds is 6. The Hall–Kier alpha value is -0.890. The molecule has 0 aliphatic carbocycles. The monoisotopic (exact) mass is 270 g/mol. The number of hydrogen-bond donors (Lipinski definition) is 0. The van der Waals surface area contributed by atoms with Crippen LogP contribution in [0.25, 0.3) is 0 Å². The summed E-state index contributed by atoms with van der Waals surface area (Å²) in [6.07, 6.45) is 0.995. The molecule has 0 amide bonds. The molecule has 0 aromatic heterocycles. The molecule has 1 rings (SSSR count). The Bertz CT molecular complexity index is 369. The van der Waals surface area contributed by atoms with Crippen LogP contribution in [-0.4, -0.2) is 13.2 Å². The lowest BCUT2D eigenvalue weighted by atomic mass is 9.93. The molecule has 18 heavy (non-hydrogen) atoms. The highest BCUT2D eigenvalue weighted by molar-refractivity contribution is 6.17. The van der Waals surface area contributed by atoms with Gasteiger partial charge >= 0.3 is 0 Å². The maximum atomic E-state index is 5.94. The summed E-state index contributed by atoms with van der Waals surface area (Å²) in [5.74, 6) is 2.01. The van der Waals surface area contributed by atoms with Crippen LogP contribution in [0.5, 0.6) is 11.5 Å². The number of benzene rings is 1. The van der Waals surface area contributed by atoms with E-state index in [4.69, 9.17) is 21.1 Å². The average Bonchev–Trinajstić information content (AvgIpc) is 2.29. The summed E-state index contributed by atoms with van der Waals surface area (Å²) in [6, 6.07) is 5.84. The molecule has 0 saturated carbocycles. The van der Waals surface area contributed by atoms with Gasteiger partial charge in [-0.05, 0) is 24.8 Å². The van der Waals surface area contributed by atoms with E-state index in [1.54, 1.807) is 0 Å². The minimum atomic E-state index is 0.266. The molecule has 2 nitrogen and oxygen atoms in total. The van der Waals surface area contributed by atoms with E-state index in [2.05, 4.69) is 20.8 Å². The first kappa shape index (κ1) is 15.2. The normalized spacial score (nSPS) is 11.4. The van der Waals surface area contributed by atoms with E-state index < -0.39 is 0 Å². The van der Waals surface area contributed by atoms with E-state index in [9.17, 15) is 0 Å². The van der Waals surface area contributed by atoms with Gasteiger partial charge in [0.1, 0.15) is 0 Å². The van der Waals surface area contributed by atoms with Crippen LogP contribution in [0.1, 0.15) is 39.7 Å². The van der Waals surface area contributed by atoms with Crippen LogP contribution in [0.3, 0.4) is 0 Å². The first-order valence-corrected chi connectivity index (χ1v) is 6.95. The molecule has 1 aromatic carbocycles. The third-order valence-corrected chi connectivity index (χ3v) is 2.89. The number of para-hydroxylation sites is 1. The standard InChI is InChI=1S/C15H23ClO2/c1-5-17-13-8-6-7-12(11-16)14(13)18-10-9-15(2,3)4/h6-8H,5,9-11H2,1-4H3. The Morgan fingerprint density at radius 2 is 1.89 bits per heavy atom. The van der Waals surface area contributed by atoms with E-state index in [1.807, 2.05) is 25.1 Å². The van der Waals surface area contributed by atoms with Gasteiger partial charge < -0.3 is 9.47 Å². The number of alkyl halides is 1. The summed E-state index contributed by atoms with van der Waals surface area (Å²) in [5.41, 5.74) is 1.25. The lowest BCUT2D eigenvalue weighted by Gasteiger charge is -2.20. The molecular weight excluding hydrogens is 248 g/mol. The van der Waals surface area contributed by atoms with Gasteiger partial charge in [0, 0.05) is 5.56 Å². The number of hydrogen-bond acceptors (Lipinski definition) is 2. The highest BCUT2D eigenvalue weighted by atomic mass is 35.5. The Morgan fingerprint density at radius 3 is 2.44 bits per heavy atom. The third kappa shape index (κ3) is 4.77. The zero-order valence-electron chi connectivity index (χ0n) is 11.8. The SMILES string of the molecule is CCOc1cccc(CCl)c1OCCC(C)(C)C. The van der Waals surface area contributed by atoms with Gasteiger partial charge in [-0.3, -0.25) is 0 Å². The smallest absolute Gasteiger partial charge is 0.165 e. The topological polar surface area (TPSA) is 18.5 Å². The second-order valence-corrected chi connectivity index (χ2v) is 5.74. The Kier molecular flexibility index (Phi) is 5.80. The van der Waals surface area contributed by atoms with Gasteiger partial charge in [0.15, 0.2) is 11.5 Å². The molecule has 0 bridgehead atoms. The summed E-state index contributed by atoms with van der Waals surface area (Å²) >= 11 is 5.94. The summed E-state index contributed by atoms with van der Waals surface area (Å²) in [5, 5.41) is 0. The predicted octanol–water partition coefficient (Wildman–Crippen LogP) is 4.64. The quantitative estimate of drug-likeness (QED) is 0.701. The second-order valence-electron chi connectivity index (χ2n) is 5.47. The van der Waals surface area contributed by atoms with Crippen molar-refractivity contribution in [1.29, 1.82) is 0 Å². The predicted molar refractivity (Wildman–Crippen MR) is 76.7 cm³/mol. The molecule has 3 heteroatoms. The van der Waals surface area contributed by atoms with Crippen molar-refractivity contribution in [2.45, 2.75) is 40.0 Å². The molecule has 0 unspecified atom stereocenters. The largest absolute Gasteiger partial charge is 0.490 e. The fourth-order valence-corrected chi connectivity index (χ4v) is 1.77. The van der Waals surface area contributed by atoms with Crippen molar-refractivity contribution < 1.29 is 9.47 Å². The molecule has 1 aromatic rings. The highest BCUT2D eigenvalue weighted by Crippen LogP contribution is 2.33. The molecular formula is C15H23ClO2. The molecule has 0 saturated heterocycles. The molecule has 0 aliphatic rings. The molecule has 0 heterocycles. The van der Waals surface area contributed by atoms with Gasteiger partial charge in [-0.15, -0.1) is 11.6 Å². The van der Waals surface area contributed by atoms with Crippen LogP contribution in [0.4, 0.5) is 0 Å². The van der Waals surface area contributed by atoms with Crippen LogP contribution in [-0.2, 0) is 5.88 Å². The van der Waals surface area contributed by atoms with Crippen LogP contribution in [0.15, 0.2) is 18.2 Å². The van der Waals surface area contributed by atoms with Crippen LogP contribution < -0.4 is 9.47 Å². The summed E-state index contributed by atoms with van der Waals surface area (Å²) < 4.78 is 11.5. The molecule has 0 spiro atoms. The summed E-state index contributed by atoms with van der Waals surface area (Å²) in [7, 11) is 0. The molecule has 0 atom stereocenters. The van der Waals surface area contributed by atoms with Crippen molar-refractivity contribution in [3.8, 4) is 11.5 Å². The summed E-state index contributed by atoms with van der Waals surface area (Å²) in [6.45, 7) is 9.87. The third-order valence-electron chi connectivity index (χ3n) is 2.60. The van der Waals surface area contributed by atoms with Gasteiger partial charge in [0.05, 0.1) is 19.1 Å². The summed E-state index contributed by atoms with van der Waals surface area (Å²) in [4.78, 5) is 0. The molecule has 102 valence electrons. The van der Waals surface area contributed by atoms with E-state index in [-0.39, 0.29) is 5.41 Å². The van der Waals surface area contributed by atoms with Crippen LogP contribution in [0.2, 0.25) is 0 Å². The van der Waals surface area contributed by atoms with Crippen molar-refractivity contribution in [2.75, 3.05) is 13.2 Å². The molecule has 0 N–H and O–H groups in total. The van der Waals surface area contributed by atoms with Crippen molar-refractivity contribution >= 4 is 11.6 Å². The van der Waals surface area contributed by atoms with Crippen LogP contribution in [0, 0.1) is 5.41 Å². The van der Waals surface area contributed by atoms with E-state index in [0.717, 1.165) is 23.5 Å². The minimum Gasteiger partial charge on any atom is -0.490 e. The number of ether oxygens (including phenoxy) is 2. The lowest BCUT2D eigenvalue weighted by Crippen LogP contribution is -2.12. The number of halogens is 1. The Balaban J connectivity index is 2.77. The zero-order valence-corrected chi connectivity index (χ0v) is 12.5. The first-order valence-electron chi connectivity index (χ1n) is 6.41. The first-order chi connectivity index (χ1) is 8.48. The Morgan fingerprint density at radius 1 is 1.17 bits per heavy atom. The van der Waals surface area contributed by atoms with Gasteiger partial charge in [-0.25, -0.2) is 0 Å². The maximum absolute atomic E-state index is 5.94. The van der Waals surface area contributed by atoms with Crippen molar-refractivity contribution in [3.05, 3.63) is 23.8 Å². The second kappa shape index (κ2) is 6.89. The molecule has 0 radical (unpaired) electrons. The van der Waals surface area contributed by atoms with E-state index >= 15 is 0 Å². The average molecular weight is 271 g/mol. The maximum Gasteiger partial charge on any atom is 0.165 e. The van der Waals surface area contributed by atoms with Crippen LogP contribution >= 0.6 is 11.6 Å². The lowest BCUT2D eigenvalue weighted by molar-refractivity contribution is 0.228. The van der Waals surface area contributed by atoms with Crippen molar-refractivity contribution in [3.63, 3.8) is 0 Å². The van der Waals surface area contributed by atoms with Crippen molar-refractivity contribution in [1.82, 2.24) is 0 Å². The fourth-order valence-electron chi connectivity index (χ4n) is 1.56. The Labute approximate surface area is 115 Å². The fraction of sp³-hybridized carbons (Fsp3) is 0.600. The van der Waals surface area contributed by atoms with E-state index in [1.165, 1.54) is 0 Å². The zero-order chi connectivity index (χ0) is 13.6. The van der Waals surface area contributed by atoms with Gasteiger partial charge in [-0.2, -0.15) is 0 Å². The molecule has 0 aliphatic heterocycles. The van der Waals surface area contributed by atoms with Crippen molar-refractivity contribution in [2.24, 2.45) is 5.41 Å². The van der Waals surface area contributed by atoms with Gasteiger partial charge in [-0.1, -0.05) is 32.9 Å². The van der Waals surface area contributed by atoms with Gasteiger partial charge in [0.2, 0.25) is 0 Å². The highest BCUT2D eigenvalue weighted by Gasteiger charge is 2.13.